The van der Waals surface area contributed by atoms with Crippen molar-refractivity contribution < 1.29 is 14.1 Å². The molecule has 1 aliphatic rings. The lowest BCUT2D eigenvalue weighted by Crippen LogP contribution is -2.14. The van der Waals surface area contributed by atoms with Crippen molar-refractivity contribution in [2.75, 3.05) is 0 Å². The Morgan fingerprint density at radius 1 is 1.25 bits per heavy atom. The predicted octanol–water partition coefficient (Wildman–Crippen LogP) is 2.44. The first-order chi connectivity index (χ1) is 7.70. The molecule has 1 saturated carbocycles. The van der Waals surface area contributed by atoms with Crippen molar-refractivity contribution in [1.29, 1.82) is 0 Å². The monoisotopic (exact) mass is 238 g/mol. The molecule has 0 amide bonds. The van der Waals surface area contributed by atoms with Crippen LogP contribution in [-0.2, 0) is 10.8 Å². The van der Waals surface area contributed by atoms with E-state index in [1.165, 1.54) is 6.07 Å². The van der Waals surface area contributed by atoms with Gasteiger partial charge in [0.15, 0.2) is 0 Å². The molecule has 0 spiro atoms. The summed E-state index contributed by atoms with van der Waals surface area (Å²) in [4.78, 5) is 11.5. The van der Waals surface area contributed by atoms with Crippen molar-refractivity contribution in [2.24, 2.45) is 0 Å². The molecular formula is C12H14O3S. The quantitative estimate of drug-likeness (QED) is 0.880. The van der Waals surface area contributed by atoms with E-state index in [4.69, 9.17) is 5.11 Å². The molecule has 2 rings (SSSR count). The first kappa shape index (κ1) is 11.3. The Morgan fingerprint density at radius 2 is 1.88 bits per heavy atom. The van der Waals surface area contributed by atoms with Gasteiger partial charge in [-0.25, -0.2) is 4.79 Å². The van der Waals surface area contributed by atoms with Crippen molar-refractivity contribution in [2.45, 2.75) is 35.8 Å². The molecule has 0 saturated heterocycles. The molecule has 86 valence electrons. The number of benzene rings is 1. The highest BCUT2D eigenvalue weighted by Gasteiger charge is 2.25. The van der Waals surface area contributed by atoms with Gasteiger partial charge in [0.25, 0.3) is 0 Å². The Bertz CT molecular complexity index is 422. The molecule has 16 heavy (non-hydrogen) atoms. The number of hydrogen-bond donors (Lipinski definition) is 1. The highest BCUT2D eigenvalue weighted by molar-refractivity contribution is 7.85. The summed E-state index contributed by atoms with van der Waals surface area (Å²) in [7, 11) is -1.17. The van der Waals surface area contributed by atoms with Crippen molar-refractivity contribution >= 4 is 16.8 Å². The van der Waals surface area contributed by atoms with Gasteiger partial charge >= 0.3 is 5.97 Å². The van der Waals surface area contributed by atoms with Crippen molar-refractivity contribution in [3.8, 4) is 0 Å². The fraction of sp³-hybridized carbons (Fsp3) is 0.417. The van der Waals surface area contributed by atoms with E-state index in [9.17, 15) is 9.00 Å². The van der Waals surface area contributed by atoms with Crippen LogP contribution in [0, 0.1) is 0 Å². The summed E-state index contributed by atoms with van der Waals surface area (Å²) in [5.74, 6) is -0.998. The molecule has 1 atom stereocenters. The van der Waals surface area contributed by atoms with Gasteiger partial charge in [0.05, 0.1) is 21.3 Å². The van der Waals surface area contributed by atoms with Crippen molar-refractivity contribution in [3.05, 3.63) is 29.8 Å². The normalized spacial score (nSPS) is 18.5. The number of rotatable bonds is 3. The van der Waals surface area contributed by atoms with E-state index in [-0.39, 0.29) is 10.8 Å². The van der Waals surface area contributed by atoms with Gasteiger partial charge in [-0.1, -0.05) is 25.0 Å². The van der Waals surface area contributed by atoms with Gasteiger partial charge in [0, 0.05) is 5.25 Å². The van der Waals surface area contributed by atoms with Gasteiger partial charge in [0.1, 0.15) is 0 Å². The molecule has 0 aliphatic heterocycles. The number of carboxylic acids is 1. The van der Waals surface area contributed by atoms with Gasteiger partial charge in [-0.05, 0) is 25.0 Å². The van der Waals surface area contributed by atoms with E-state index in [0.29, 0.717) is 4.90 Å². The van der Waals surface area contributed by atoms with Crippen LogP contribution in [0.5, 0.6) is 0 Å². The average Bonchev–Trinajstić information content (AvgIpc) is 2.81. The maximum Gasteiger partial charge on any atom is 0.336 e. The third kappa shape index (κ3) is 2.16. The summed E-state index contributed by atoms with van der Waals surface area (Å²) in [5, 5.41) is 9.16. The van der Waals surface area contributed by atoms with Crippen LogP contribution in [0.25, 0.3) is 0 Å². The smallest absolute Gasteiger partial charge is 0.336 e. The van der Waals surface area contributed by atoms with Crippen LogP contribution in [0.3, 0.4) is 0 Å². The van der Waals surface area contributed by atoms with Crippen LogP contribution in [0.4, 0.5) is 0 Å². The van der Waals surface area contributed by atoms with E-state index in [1.807, 2.05) is 0 Å². The second kappa shape index (κ2) is 4.78. The zero-order valence-corrected chi connectivity index (χ0v) is 9.70. The molecule has 4 heteroatoms. The lowest BCUT2D eigenvalue weighted by Gasteiger charge is -2.11. The molecule has 0 heterocycles. The summed E-state index contributed by atoms with van der Waals surface area (Å²) < 4.78 is 12.2. The van der Waals surface area contributed by atoms with Crippen LogP contribution in [0.15, 0.2) is 29.2 Å². The first-order valence-corrected chi connectivity index (χ1v) is 6.64. The molecule has 0 bridgehead atoms. The maximum absolute atomic E-state index is 12.2. The van der Waals surface area contributed by atoms with Gasteiger partial charge in [-0.3, -0.25) is 4.21 Å². The minimum Gasteiger partial charge on any atom is -0.478 e. The second-order valence-corrected chi connectivity index (χ2v) is 5.71. The summed E-state index contributed by atoms with van der Waals surface area (Å²) >= 11 is 0. The first-order valence-electron chi connectivity index (χ1n) is 5.43. The number of aromatic carboxylic acids is 1. The van der Waals surface area contributed by atoms with Crippen LogP contribution in [0.2, 0.25) is 0 Å². The van der Waals surface area contributed by atoms with Crippen LogP contribution < -0.4 is 0 Å². The topological polar surface area (TPSA) is 54.4 Å². The standard InChI is InChI=1S/C12H14O3S/c13-12(14)10-7-3-4-8-11(10)16(15)9-5-1-2-6-9/h3-4,7-9H,1-2,5-6H2,(H,13,14). The highest BCUT2D eigenvalue weighted by atomic mass is 32.2. The molecule has 3 nitrogen and oxygen atoms in total. The van der Waals surface area contributed by atoms with Crippen LogP contribution in [-0.4, -0.2) is 20.5 Å². The molecule has 1 N–H and O–H groups in total. The molecule has 0 aromatic heterocycles. The van der Waals surface area contributed by atoms with E-state index < -0.39 is 16.8 Å². The SMILES string of the molecule is O=C(O)c1ccccc1S(=O)C1CCCC1. The lowest BCUT2D eigenvalue weighted by molar-refractivity contribution is 0.0693. The summed E-state index contributed by atoms with van der Waals surface area (Å²) in [6, 6.07) is 6.59. The van der Waals surface area contributed by atoms with E-state index in [1.54, 1.807) is 18.2 Å². The van der Waals surface area contributed by atoms with Crippen LogP contribution >= 0.6 is 0 Å². The third-order valence-corrected chi connectivity index (χ3v) is 4.81. The molecule has 1 fully saturated rings. The predicted molar refractivity (Wildman–Crippen MR) is 62.1 cm³/mol. The summed E-state index contributed by atoms with van der Waals surface area (Å²) in [5.41, 5.74) is 0.174. The van der Waals surface area contributed by atoms with Crippen molar-refractivity contribution in [1.82, 2.24) is 0 Å². The molecule has 1 aromatic carbocycles. The average molecular weight is 238 g/mol. The Hall–Kier alpha value is -1.16. The Balaban J connectivity index is 2.32. The van der Waals surface area contributed by atoms with E-state index >= 15 is 0 Å². The van der Waals surface area contributed by atoms with Gasteiger partial charge in [-0.15, -0.1) is 0 Å². The maximum atomic E-state index is 12.2. The van der Waals surface area contributed by atoms with Crippen molar-refractivity contribution in [3.63, 3.8) is 0 Å². The fourth-order valence-corrected chi connectivity index (χ4v) is 3.81. The highest BCUT2D eigenvalue weighted by Crippen LogP contribution is 2.28. The Labute approximate surface area is 96.9 Å². The number of carboxylic acid groups (broad SMARTS) is 1. The molecule has 1 aromatic rings. The summed E-state index contributed by atoms with van der Waals surface area (Å²) in [6.45, 7) is 0. The number of hydrogen-bond acceptors (Lipinski definition) is 2. The molecular weight excluding hydrogens is 224 g/mol. The molecule has 0 radical (unpaired) electrons. The zero-order valence-electron chi connectivity index (χ0n) is 8.89. The number of carbonyl (C=O) groups is 1. The molecule has 1 unspecified atom stereocenters. The Kier molecular flexibility index (Phi) is 3.39. The van der Waals surface area contributed by atoms with Gasteiger partial charge in [-0.2, -0.15) is 0 Å². The fourth-order valence-electron chi connectivity index (χ4n) is 2.10. The van der Waals surface area contributed by atoms with Crippen LogP contribution in [0.1, 0.15) is 36.0 Å². The zero-order chi connectivity index (χ0) is 11.5. The third-order valence-electron chi connectivity index (χ3n) is 2.94. The minimum atomic E-state index is -1.17. The Morgan fingerprint density at radius 3 is 2.50 bits per heavy atom. The summed E-state index contributed by atoms with van der Waals surface area (Å²) in [6.07, 6.45) is 4.10. The van der Waals surface area contributed by atoms with Gasteiger partial charge < -0.3 is 5.11 Å². The van der Waals surface area contributed by atoms with Gasteiger partial charge in [0.2, 0.25) is 0 Å². The van der Waals surface area contributed by atoms with E-state index in [0.717, 1.165) is 25.7 Å². The lowest BCUT2D eigenvalue weighted by atomic mass is 10.2. The molecule has 1 aliphatic carbocycles. The largest absolute Gasteiger partial charge is 0.478 e. The second-order valence-electron chi connectivity index (χ2n) is 4.01. The minimum absolute atomic E-state index is 0.139. The van der Waals surface area contributed by atoms with E-state index in [2.05, 4.69) is 0 Å².